The molecule has 3 heterocycles. The molecule has 1 amide bonds. The van der Waals surface area contributed by atoms with Crippen LogP contribution in [0.3, 0.4) is 0 Å². The second kappa shape index (κ2) is 4.38. The molecule has 1 fully saturated rings. The lowest BCUT2D eigenvalue weighted by atomic mass is 10.1. The molecule has 21 heavy (non-hydrogen) atoms. The second-order valence-corrected chi connectivity index (χ2v) is 5.63. The highest BCUT2D eigenvalue weighted by atomic mass is 19.1. The summed E-state index contributed by atoms with van der Waals surface area (Å²) in [5.41, 5.74) is 0.653. The third kappa shape index (κ3) is 1.71. The van der Waals surface area contributed by atoms with Crippen LogP contribution in [0.15, 0.2) is 24.3 Å². The normalized spacial score (nSPS) is 24.1. The van der Waals surface area contributed by atoms with Crippen molar-refractivity contribution in [3.63, 3.8) is 0 Å². The summed E-state index contributed by atoms with van der Waals surface area (Å²) in [4.78, 5) is 14.4. The Labute approximate surface area is 121 Å². The van der Waals surface area contributed by atoms with E-state index in [4.69, 9.17) is 0 Å². The molecule has 5 nitrogen and oxygen atoms in total. The van der Waals surface area contributed by atoms with Crippen LogP contribution in [0.4, 0.5) is 4.39 Å². The minimum absolute atomic E-state index is 0.0171. The molecule has 0 aliphatic carbocycles. The molecule has 0 bridgehead atoms. The predicted octanol–water partition coefficient (Wildman–Crippen LogP) is 2.32. The van der Waals surface area contributed by atoms with Gasteiger partial charge in [0.1, 0.15) is 11.9 Å². The largest absolute Gasteiger partial charge is 0.331 e. The molecule has 1 saturated heterocycles. The fourth-order valence-corrected chi connectivity index (χ4v) is 3.39. The number of halogens is 1. The van der Waals surface area contributed by atoms with Crippen LogP contribution >= 0.6 is 0 Å². The molecule has 2 atom stereocenters. The summed E-state index contributed by atoms with van der Waals surface area (Å²) in [5, 5.41) is 8.51. The monoisotopic (exact) mass is 286 g/mol. The Bertz CT molecular complexity index is 726. The van der Waals surface area contributed by atoms with Gasteiger partial charge in [0.2, 0.25) is 5.91 Å². The van der Waals surface area contributed by atoms with Crippen molar-refractivity contribution in [2.75, 3.05) is 6.54 Å². The molecule has 0 unspecified atom stereocenters. The van der Waals surface area contributed by atoms with Crippen LogP contribution in [0.5, 0.6) is 0 Å². The lowest BCUT2D eigenvalue weighted by Gasteiger charge is -2.34. The molecule has 108 valence electrons. The maximum atomic E-state index is 13.4. The summed E-state index contributed by atoms with van der Waals surface area (Å²) >= 11 is 0. The van der Waals surface area contributed by atoms with Gasteiger partial charge in [-0.25, -0.2) is 4.39 Å². The Morgan fingerprint density at radius 3 is 3.00 bits per heavy atom. The molecule has 2 aromatic rings. The first-order valence-electron chi connectivity index (χ1n) is 7.18. The number of nitrogens with zero attached hydrogens (tertiary/aromatic N) is 4. The first-order chi connectivity index (χ1) is 10.2. The third-order valence-electron chi connectivity index (χ3n) is 4.38. The molecule has 2 aliphatic rings. The maximum absolute atomic E-state index is 13.4. The van der Waals surface area contributed by atoms with Crippen LogP contribution in [0.1, 0.15) is 37.7 Å². The number of rotatable bonds is 1. The van der Waals surface area contributed by atoms with Gasteiger partial charge in [-0.3, -0.25) is 9.36 Å². The minimum atomic E-state index is -0.345. The number of aromatic nitrogens is 3. The van der Waals surface area contributed by atoms with E-state index in [-0.39, 0.29) is 23.8 Å². The number of fused-ring (bicyclic) bond motifs is 3. The number of benzene rings is 1. The summed E-state index contributed by atoms with van der Waals surface area (Å²) < 4.78 is 15.3. The second-order valence-electron chi connectivity index (χ2n) is 5.63. The van der Waals surface area contributed by atoms with E-state index in [1.54, 1.807) is 12.1 Å². The standard InChI is InChI=1S/C15H15FN4O/c1-9-15(21)19-7-3-6-12(19)14-18-17-13(20(9)14)10-4-2-5-11(16)8-10/h2,4-5,8-9,12H,3,6-7H2,1H3/t9-,12-/m0/s1. The molecular weight excluding hydrogens is 271 g/mol. The van der Waals surface area contributed by atoms with Crippen molar-refractivity contribution in [1.82, 2.24) is 19.7 Å². The fourth-order valence-electron chi connectivity index (χ4n) is 3.39. The SMILES string of the molecule is C[C@H]1C(=O)N2CCC[C@H]2c2nnc(-c3cccc(F)c3)n21. The molecule has 0 spiro atoms. The first kappa shape index (κ1) is 12.5. The molecule has 4 rings (SSSR count). The van der Waals surface area contributed by atoms with Crippen molar-refractivity contribution in [1.29, 1.82) is 0 Å². The molecule has 1 aromatic heterocycles. The summed E-state index contributed by atoms with van der Waals surface area (Å²) in [6, 6.07) is 5.92. The van der Waals surface area contributed by atoms with E-state index in [0.29, 0.717) is 11.4 Å². The van der Waals surface area contributed by atoms with Crippen LogP contribution in [0, 0.1) is 5.82 Å². The Balaban J connectivity index is 1.88. The number of hydrogen-bond donors (Lipinski definition) is 0. The quantitative estimate of drug-likeness (QED) is 0.808. The molecule has 0 radical (unpaired) electrons. The molecule has 6 heteroatoms. The molecular formula is C15H15FN4O. The van der Waals surface area contributed by atoms with Gasteiger partial charge in [-0.1, -0.05) is 12.1 Å². The lowest BCUT2D eigenvalue weighted by Crippen LogP contribution is -2.42. The van der Waals surface area contributed by atoms with Gasteiger partial charge in [0.25, 0.3) is 0 Å². The van der Waals surface area contributed by atoms with Gasteiger partial charge in [0.05, 0.1) is 6.04 Å². The predicted molar refractivity (Wildman–Crippen MR) is 73.8 cm³/mol. The average Bonchev–Trinajstić information content (AvgIpc) is 3.11. The molecule has 2 aliphatic heterocycles. The van der Waals surface area contributed by atoms with Crippen molar-refractivity contribution < 1.29 is 9.18 Å². The van der Waals surface area contributed by atoms with Gasteiger partial charge in [-0.05, 0) is 31.9 Å². The number of amides is 1. The van der Waals surface area contributed by atoms with Crippen molar-refractivity contribution in [3.05, 3.63) is 35.9 Å². The number of hydrogen-bond acceptors (Lipinski definition) is 3. The van der Waals surface area contributed by atoms with E-state index >= 15 is 0 Å². The van der Waals surface area contributed by atoms with Gasteiger partial charge in [-0.2, -0.15) is 0 Å². The van der Waals surface area contributed by atoms with E-state index in [9.17, 15) is 9.18 Å². The van der Waals surface area contributed by atoms with Crippen molar-refractivity contribution in [2.24, 2.45) is 0 Å². The van der Waals surface area contributed by atoms with Crippen molar-refractivity contribution in [3.8, 4) is 11.4 Å². The maximum Gasteiger partial charge on any atom is 0.246 e. The third-order valence-corrected chi connectivity index (χ3v) is 4.38. The van der Waals surface area contributed by atoms with E-state index in [1.807, 2.05) is 16.4 Å². The van der Waals surface area contributed by atoms with Crippen molar-refractivity contribution in [2.45, 2.75) is 31.8 Å². The van der Waals surface area contributed by atoms with Gasteiger partial charge < -0.3 is 4.90 Å². The zero-order chi connectivity index (χ0) is 14.6. The highest BCUT2D eigenvalue weighted by Gasteiger charge is 2.42. The van der Waals surface area contributed by atoms with E-state index in [0.717, 1.165) is 25.2 Å². The van der Waals surface area contributed by atoms with E-state index < -0.39 is 0 Å². The summed E-state index contributed by atoms with van der Waals surface area (Å²) in [6.07, 6.45) is 1.91. The lowest BCUT2D eigenvalue weighted by molar-refractivity contribution is -0.137. The van der Waals surface area contributed by atoms with Gasteiger partial charge in [0, 0.05) is 12.1 Å². The Kier molecular flexibility index (Phi) is 2.60. The Hall–Kier alpha value is -2.24. The molecule has 0 saturated carbocycles. The van der Waals surface area contributed by atoms with Crippen molar-refractivity contribution >= 4 is 5.91 Å². The van der Waals surface area contributed by atoms with E-state index in [1.165, 1.54) is 12.1 Å². The number of carbonyl (C=O) groups is 1. The van der Waals surface area contributed by atoms with E-state index in [2.05, 4.69) is 10.2 Å². The van der Waals surface area contributed by atoms with Crippen LogP contribution in [0.25, 0.3) is 11.4 Å². The van der Waals surface area contributed by atoms with Gasteiger partial charge in [-0.15, -0.1) is 10.2 Å². The smallest absolute Gasteiger partial charge is 0.246 e. The Morgan fingerprint density at radius 1 is 1.33 bits per heavy atom. The van der Waals surface area contributed by atoms with Crippen LogP contribution < -0.4 is 0 Å². The zero-order valence-corrected chi connectivity index (χ0v) is 11.7. The topological polar surface area (TPSA) is 51.0 Å². The van der Waals surface area contributed by atoms with Gasteiger partial charge >= 0.3 is 0 Å². The van der Waals surface area contributed by atoms with Crippen LogP contribution in [-0.4, -0.2) is 32.1 Å². The van der Waals surface area contributed by atoms with Crippen LogP contribution in [-0.2, 0) is 4.79 Å². The molecule has 0 N–H and O–H groups in total. The Morgan fingerprint density at radius 2 is 2.19 bits per heavy atom. The molecule has 1 aromatic carbocycles. The summed E-state index contributed by atoms with van der Waals surface area (Å²) in [7, 11) is 0. The fraction of sp³-hybridized carbons (Fsp3) is 0.400. The first-order valence-corrected chi connectivity index (χ1v) is 7.18. The van der Waals surface area contributed by atoms with Crippen LogP contribution in [0.2, 0.25) is 0 Å². The highest BCUT2D eigenvalue weighted by Crippen LogP contribution is 2.40. The highest BCUT2D eigenvalue weighted by molar-refractivity contribution is 5.83. The summed E-state index contributed by atoms with van der Waals surface area (Å²) in [5.74, 6) is 1.17. The minimum Gasteiger partial charge on any atom is -0.331 e. The summed E-state index contributed by atoms with van der Waals surface area (Å²) in [6.45, 7) is 2.64. The average molecular weight is 286 g/mol. The van der Waals surface area contributed by atoms with Gasteiger partial charge in [0.15, 0.2) is 11.6 Å². The number of carbonyl (C=O) groups excluding carboxylic acids is 1. The zero-order valence-electron chi connectivity index (χ0n) is 11.7.